The average Bonchev–Trinajstić information content (AvgIpc) is 1.89. The Kier molecular flexibility index (Phi) is 1.81. The standard InChI is InChI=1S/C5H7NO3/c7-3-4-1-2-9-6-5(4)8/h1,7H,2-3H2,(H,6,8). The van der Waals surface area contributed by atoms with Gasteiger partial charge < -0.3 is 5.11 Å². The van der Waals surface area contributed by atoms with Gasteiger partial charge in [-0.25, -0.2) is 5.48 Å². The minimum absolute atomic E-state index is 0.227. The molecule has 50 valence electrons. The van der Waals surface area contributed by atoms with Crippen molar-refractivity contribution in [2.75, 3.05) is 13.2 Å². The van der Waals surface area contributed by atoms with Crippen LogP contribution in [0.15, 0.2) is 11.6 Å². The molecule has 0 spiro atoms. The molecule has 4 heteroatoms. The van der Waals surface area contributed by atoms with Gasteiger partial charge >= 0.3 is 0 Å². The van der Waals surface area contributed by atoms with Crippen molar-refractivity contribution in [3.05, 3.63) is 11.6 Å². The third-order valence-corrected chi connectivity index (χ3v) is 1.04. The number of amides is 1. The van der Waals surface area contributed by atoms with Crippen LogP contribution in [0.5, 0.6) is 0 Å². The highest BCUT2D eigenvalue weighted by Crippen LogP contribution is 1.96. The fourth-order valence-electron chi connectivity index (χ4n) is 0.544. The predicted octanol–water partition coefficient (Wildman–Crippen LogP) is -1.03. The average molecular weight is 129 g/mol. The maximum atomic E-state index is 10.6. The summed E-state index contributed by atoms with van der Waals surface area (Å²) in [6, 6.07) is 0. The van der Waals surface area contributed by atoms with Crippen molar-refractivity contribution >= 4 is 5.91 Å². The van der Waals surface area contributed by atoms with Gasteiger partial charge in [0, 0.05) is 5.57 Å². The smallest absolute Gasteiger partial charge is 0.272 e. The van der Waals surface area contributed by atoms with E-state index in [9.17, 15) is 4.79 Å². The van der Waals surface area contributed by atoms with Gasteiger partial charge in [0.15, 0.2) is 0 Å². The molecule has 4 nitrogen and oxygen atoms in total. The molecule has 1 aliphatic rings. The number of hydrogen-bond acceptors (Lipinski definition) is 3. The molecule has 0 atom stereocenters. The van der Waals surface area contributed by atoms with E-state index >= 15 is 0 Å². The number of hydroxylamine groups is 1. The largest absolute Gasteiger partial charge is 0.391 e. The van der Waals surface area contributed by atoms with Crippen LogP contribution in [0.3, 0.4) is 0 Å². The Balaban J connectivity index is 2.64. The molecule has 0 aliphatic carbocycles. The molecule has 1 rings (SSSR count). The van der Waals surface area contributed by atoms with Gasteiger partial charge in [0.25, 0.3) is 5.91 Å². The first-order chi connectivity index (χ1) is 4.34. The molecular formula is C5H7NO3. The molecule has 1 amide bonds. The van der Waals surface area contributed by atoms with Crippen molar-refractivity contribution in [1.29, 1.82) is 0 Å². The van der Waals surface area contributed by atoms with E-state index in [0.717, 1.165) is 0 Å². The van der Waals surface area contributed by atoms with E-state index in [4.69, 9.17) is 5.11 Å². The van der Waals surface area contributed by atoms with Crippen LogP contribution in [0.1, 0.15) is 0 Å². The summed E-state index contributed by atoms with van der Waals surface area (Å²) in [5.41, 5.74) is 2.48. The molecule has 0 bridgehead atoms. The summed E-state index contributed by atoms with van der Waals surface area (Å²) in [6.07, 6.45) is 1.54. The molecule has 0 saturated carbocycles. The van der Waals surface area contributed by atoms with Crippen molar-refractivity contribution in [2.24, 2.45) is 0 Å². The monoisotopic (exact) mass is 129 g/mol. The van der Waals surface area contributed by atoms with Crippen LogP contribution in [0.4, 0.5) is 0 Å². The summed E-state index contributed by atoms with van der Waals surface area (Å²) in [4.78, 5) is 15.1. The van der Waals surface area contributed by atoms with E-state index in [-0.39, 0.29) is 12.5 Å². The molecule has 1 aliphatic heterocycles. The van der Waals surface area contributed by atoms with Crippen LogP contribution in [0.25, 0.3) is 0 Å². The first-order valence-corrected chi connectivity index (χ1v) is 2.56. The van der Waals surface area contributed by atoms with E-state index in [1.54, 1.807) is 6.08 Å². The topological polar surface area (TPSA) is 58.6 Å². The van der Waals surface area contributed by atoms with Crippen molar-refractivity contribution in [3.8, 4) is 0 Å². The zero-order chi connectivity index (χ0) is 6.69. The zero-order valence-corrected chi connectivity index (χ0v) is 4.76. The Labute approximate surface area is 52.1 Å². The number of carbonyl (C=O) groups excluding carboxylic acids is 1. The van der Waals surface area contributed by atoms with E-state index in [0.29, 0.717) is 12.2 Å². The second-order valence-electron chi connectivity index (χ2n) is 1.63. The summed E-state index contributed by atoms with van der Waals surface area (Å²) in [7, 11) is 0. The van der Waals surface area contributed by atoms with Crippen molar-refractivity contribution in [3.63, 3.8) is 0 Å². The molecule has 0 aromatic carbocycles. The maximum absolute atomic E-state index is 10.6. The third kappa shape index (κ3) is 1.28. The molecule has 2 N–H and O–H groups in total. The molecule has 0 unspecified atom stereocenters. The summed E-state index contributed by atoms with van der Waals surface area (Å²) in [5.74, 6) is -0.358. The third-order valence-electron chi connectivity index (χ3n) is 1.04. The molecular weight excluding hydrogens is 122 g/mol. The highest BCUT2D eigenvalue weighted by atomic mass is 16.7. The summed E-state index contributed by atoms with van der Waals surface area (Å²) in [5, 5.41) is 8.48. The lowest BCUT2D eigenvalue weighted by molar-refractivity contribution is -0.130. The Hall–Kier alpha value is -0.870. The lowest BCUT2D eigenvalue weighted by Gasteiger charge is -2.10. The summed E-state index contributed by atoms with van der Waals surface area (Å²) in [6.45, 7) is 0.108. The predicted molar refractivity (Wildman–Crippen MR) is 29.3 cm³/mol. The highest BCUT2D eigenvalue weighted by molar-refractivity contribution is 5.93. The normalized spacial score (nSPS) is 18.8. The second kappa shape index (κ2) is 2.61. The lowest BCUT2D eigenvalue weighted by Crippen LogP contribution is -2.30. The van der Waals surface area contributed by atoms with Crippen molar-refractivity contribution in [2.45, 2.75) is 0 Å². The molecule has 1 heterocycles. The van der Waals surface area contributed by atoms with Crippen molar-refractivity contribution in [1.82, 2.24) is 5.48 Å². The van der Waals surface area contributed by atoms with Gasteiger partial charge in [0.1, 0.15) is 0 Å². The first kappa shape index (κ1) is 6.25. The molecule has 0 saturated heterocycles. The van der Waals surface area contributed by atoms with E-state index in [1.807, 2.05) is 0 Å². The van der Waals surface area contributed by atoms with Crippen LogP contribution < -0.4 is 5.48 Å². The highest BCUT2D eigenvalue weighted by Gasteiger charge is 2.10. The van der Waals surface area contributed by atoms with Crippen LogP contribution in [0, 0.1) is 0 Å². The zero-order valence-electron chi connectivity index (χ0n) is 4.76. The van der Waals surface area contributed by atoms with Crippen LogP contribution in [0.2, 0.25) is 0 Å². The number of hydrogen-bond donors (Lipinski definition) is 2. The number of aliphatic hydroxyl groups excluding tert-OH is 1. The lowest BCUT2D eigenvalue weighted by atomic mass is 10.2. The van der Waals surface area contributed by atoms with Gasteiger partial charge in [-0.05, 0) is 6.08 Å². The Morgan fingerprint density at radius 1 is 1.89 bits per heavy atom. The Morgan fingerprint density at radius 2 is 2.67 bits per heavy atom. The van der Waals surface area contributed by atoms with Crippen LogP contribution >= 0.6 is 0 Å². The number of carbonyl (C=O) groups is 1. The molecule has 0 aromatic rings. The second-order valence-corrected chi connectivity index (χ2v) is 1.63. The molecule has 0 fully saturated rings. The number of nitrogens with one attached hydrogen (secondary N) is 1. The van der Waals surface area contributed by atoms with E-state index in [1.165, 1.54) is 0 Å². The maximum Gasteiger partial charge on any atom is 0.272 e. The SMILES string of the molecule is O=C1NOCC=C1CO. The Morgan fingerprint density at radius 3 is 3.11 bits per heavy atom. The van der Waals surface area contributed by atoms with Gasteiger partial charge in [-0.3, -0.25) is 9.63 Å². The van der Waals surface area contributed by atoms with Gasteiger partial charge in [-0.1, -0.05) is 0 Å². The molecule has 0 aromatic heterocycles. The van der Waals surface area contributed by atoms with E-state index < -0.39 is 0 Å². The fourth-order valence-corrected chi connectivity index (χ4v) is 0.544. The first-order valence-electron chi connectivity index (χ1n) is 2.56. The van der Waals surface area contributed by atoms with E-state index in [2.05, 4.69) is 10.3 Å². The quantitative estimate of drug-likeness (QED) is 0.475. The number of rotatable bonds is 1. The van der Waals surface area contributed by atoms with Crippen LogP contribution in [-0.4, -0.2) is 24.2 Å². The van der Waals surface area contributed by atoms with Gasteiger partial charge in [0.05, 0.1) is 13.2 Å². The summed E-state index contributed by atoms with van der Waals surface area (Å²) >= 11 is 0. The molecule has 0 radical (unpaired) electrons. The van der Waals surface area contributed by atoms with Crippen LogP contribution in [-0.2, 0) is 9.63 Å². The van der Waals surface area contributed by atoms with Gasteiger partial charge in [-0.2, -0.15) is 0 Å². The van der Waals surface area contributed by atoms with Gasteiger partial charge in [0.2, 0.25) is 0 Å². The minimum Gasteiger partial charge on any atom is -0.391 e. The van der Waals surface area contributed by atoms with Gasteiger partial charge in [-0.15, -0.1) is 0 Å². The van der Waals surface area contributed by atoms with Crippen molar-refractivity contribution < 1.29 is 14.7 Å². The minimum atomic E-state index is -0.358. The fraction of sp³-hybridized carbons (Fsp3) is 0.400. The number of aliphatic hydroxyl groups is 1. The summed E-state index contributed by atoms with van der Waals surface area (Å²) < 4.78 is 0. The molecule has 9 heavy (non-hydrogen) atoms. The Bertz CT molecular complexity index is 152.